The molecular formula is C15H19BrN2. The lowest BCUT2D eigenvalue weighted by Gasteiger charge is -2.20. The summed E-state index contributed by atoms with van der Waals surface area (Å²) in [4.78, 5) is 7.76. The van der Waals surface area contributed by atoms with Gasteiger partial charge in [-0.2, -0.15) is 0 Å². The van der Waals surface area contributed by atoms with Crippen molar-refractivity contribution in [1.82, 2.24) is 9.97 Å². The molecule has 0 spiro atoms. The third kappa shape index (κ3) is 2.51. The van der Waals surface area contributed by atoms with Crippen LogP contribution in [0.5, 0.6) is 0 Å². The van der Waals surface area contributed by atoms with E-state index >= 15 is 0 Å². The summed E-state index contributed by atoms with van der Waals surface area (Å²) in [6.45, 7) is 10.8. The summed E-state index contributed by atoms with van der Waals surface area (Å²) in [7, 11) is 0. The molecule has 0 fully saturated rings. The van der Waals surface area contributed by atoms with Crippen molar-refractivity contribution in [3.8, 4) is 11.3 Å². The molecule has 1 heterocycles. The molecule has 2 nitrogen and oxygen atoms in total. The summed E-state index contributed by atoms with van der Waals surface area (Å²) in [5.74, 6) is 0.928. The third-order valence-corrected chi connectivity index (χ3v) is 3.71. The Bertz CT molecular complexity index is 577. The van der Waals surface area contributed by atoms with Gasteiger partial charge in [0.2, 0.25) is 0 Å². The van der Waals surface area contributed by atoms with Gasteiger partial charge in [0.1, 0.15) is 16.1 Å². The zero-order chi connectivity index (χ0) is 13.5. The predicted octanol–water partition coefficient (Wildman–Crippen LogP) is 4.75. The van der Waals surface area contributed by atoms with Crippen LogP contribution in [0, 0.1) is 13.8 Å². The van der Waals surface area contributed by atoms with Crippen LogP contribution in [0.4, 0.5) is 0 Å². The molecule has 96 valence electrons. The monoisotopic (exact) mass is 306 g/mol. The molecule has 0 saturated carbocycles. The number of aromatic nitrogens is 2. The molecule has 0 radical (unpaired) electrons. The van der Waals surface area contributed by atoms with E-state index in [1.807, 2.05) is 6.92 Å². The number of hydrogen-bond acceptors (Lipinski definition) is 1. The van der Waals surface area contributed by atoms with Crippen molar-refractivity contribution >= 4 is 15.9 Å². The Hall–Kier alpha value is -1.09. The van der Waals surface area contributed by atoms with Gasteiger partial charge >= 0.3 is 0 Å². The van der Waals surface area contributed by atoms with E-state index in [9.17, 15) is 0 Å². The van der Waals surface area contributed by atoms with Crippen molar-refractivity contribution in [3.05, 3.63) is 39.8 Å². The first kappa shape index (κ1) is 13.3. The van der Waals surface area contributed by atoms with E-state index in [4.69, 9.17) is 0 Å². The highest BCUT2D eigenvalue weighted by Crippen LogP contribution is 2.32. The Balaban J connectivity index is 2.60. The summed E-state index contributed by atoms with van der Waals surface area (Å²) in [5.41, 5.74) is 4.92. The van der Waals surface area contributed by atoms with Gasteiger partial charge < -0.3 is 4.98 Å². The maximum Gasteiger partial charge on any atom is 0.110 e. The zero-order valence-corrected chi connectivity index (χ0v) is 13.1. The summed E-state index contributed by atoms with van der Waals surface area (Å²) in [6, 6.07) is 6.62. The predicted molar refractivity (Wildman–Crippen MR) is 79.9 cm³/mol. The maximum atomic E-state index is 4.56. The first-order chi connectivity index (χ1) is 8.29. The Morgan fingerprint density at radius 1 is 1.17 bits per heavy atom. The molecule has 1 aromatic carbocycles. The number of halogens is 1. The number of imidazole rings is 1. The second-order valence-corrected chi connectivity index (χ2v) is 6.56. The van der Waals surface area contributed by atoms with E-state index in [1.165, 1.54) is 16.7 Å². The van der Waals surface area contributed by atoms with Gasteiger partial charge in [-0.1, -0.05) is 32.9 Å². The smallest absolute Gasteiger partial charge is 0.110 e. The first-order valence-corrected chi connectivity index (χ1v) is 6.92. The van der Waals surface area contributed by atoms with Gasteiger partial charge in [-0.3, -0.25) is 0 Å². The van der Waals surface area contributed by atoms with Crippen molar-refractivity contribution in [2.45, 2.75) is 40.0 Å². The standard InChI is InChI=1S/C15H19BrN2/c1-9-6-7-11(15(3,4)5)8-12(9)13-14(16)18-10(2)17-13/h6-8H,1-5H3,(H,17,18). The van der Waals surface area contributed by atoms with Crippen LogP contribution in [0.25, 0.3) is 11.3 Å². The fourth-order valence-electron chi connectivity index (χ4n) is 1.98. The van der Waals surface area contributed by atoms with Crippen LogP contribution in [-0.2, 0) is 5.41 Å². The van der Waals surface area contributed by atoms with E-state index < -0.39 is 0 Å². The quantitative estimate of drug-likeness (QED) is 0.809. The fraction of sp³-hybridized carbons (Fsp3) is 0.400. The molecule has 2 rings (SSSR count). The number of nitrogens with zero attached hydrogens (tertiary/aromatic N) is 1. The van der Waals surface area contributed by atoms with Crippen LogP contribution in [0.2, 0.25) is 0 Å². The molecule has 0 amide bonds. The molecule has 0 aliphatic heterocycles. The number of benzene rings is 1. The number of hydrogen-bond donors (Lipinski definition) is 1. The van der Waals surface area contributed by atoms with Gasteiger partial charge in [0.15, 0.2) is 0 Å². The molecule has 18 heavy (non-hydrogen) atoms. The Morgan fingerprint density at radius 2 is 1.83 bits per heavy atom. The second-order valence-electron chi connectivity index (χ2n) is 5.76. The minimum atomic E-state index is 0.153. The van der Waals surface area contributed by atoms with E-state index in [2.05, 4.69) is 71.8 Å². The van der Waals surface area contributed by atoms with Crippen LogP contribution < -0.4 is 0 Å². The third-order valence-electron chi connectivity index (χ3n) is 3.14. The molecule has 0 saturated heterocycles. The lowest BCUT2D eigenvalue weighted by molar-refractivity contribution is 0.590. The maximum absolute atomic E-state index is 4.56. The Kier molecular flexibility index (Phi) is 3.37. The topological polar surface area (TPSA) is 28.7 Å². The van der Waals surface area contributed by atoms with Gasteiger partial charge in [0, 0.05) is 5.56 Å². The van der Waals surface area contributed by atoms with Gasteiger partial charge in [0.05, 0.1) is 0 Å². The summed E-state index contributed by atoms with van der Waals surface area (Å²) < 4.78 is 0.953. The van der Waals surface area contributed by atoms with Crippen molar-refractivity contribution in [2.75, 3.05) is 0 Å². The second kappa shape index (κ2) is 4.54. The van der Waals surface area contributed by atoms with Gasteiger partial charge in [0.25, 0.3) is 0 Å². The van der Waals surface area contributed by atoms with Crippen molar-refractivity contribution in [1.29, 1.82) is 0 Å². The largest absolute Gasteiger partial charge is 0.336 e. The molecule has 0 unspecified atom stereocenters. The lowest BCUT2D eigenvalue weighted by Crippen LogP contribution is -2.11. The van der Waals surface area contributed by atoms with Crippen molar-refractivity contribution < 1.29 is 0 Å². The Labute approximate surface area is 117 Å². The fourth-order valence-corrected chi connectivity index (χ4v) is 2.57. The number of rotatable bonds is 1. The van der Waals surface area contributed by atoms with Crippen LogP contribution in [-0.4, -0.2) is 9.97 Å². The summed E-state index contributed by atoms with van der Waals surface area (Å²) >= 11 is 3.54. The van der Waals surface area contributed by atoms with E-state index in [0.29, 0.717) is 0 Å². The average Bonchev–Trinajstić information content (AvgIpc) is 2.56. The highest BCUT2D eigenvalue weighted by Gasteiger charge is 2.17. The molecule has 0 aliphatic rings. The average molecular weight is 307 g/mol. The summed E-state index contributed by atoms with van der Waals surface area (Å²) in [6.07, 6.45) is 0. The van der Waals surface area contributed by atoms with E-state index in [-0.39, 0.29) is 5.41 Å². The van der Waals surface area contributed by atoms with Crippen LogP contribution in [0.1, 0.15) is 37.7 Å². The van der Waals surface area contributed by atoms with Crippen molar-refractivity contribution in [2.24, 2.45) is 0 Å². The molecule has 1 aromatic heterocycles. The molecule has 3 heteroatoms. The number of nitrogens with one attached hydrogen (secondary N) is 1. The first-order valence-electron chi connectivity index (χ1n) is 6.12. The molecular weight excluding hydrogens is 288 g/mol. The molecule has 0 bridgehead atoms. The summed E-state index contributed by atoms with van der Waals surface area (Å²) in [5, 5.41) is 0. The molecule has 2 aromatic rings. The van der Waals surface area contributed by atoms with Gasteiger partial charge in [-0.25, -0.2) is 4.98 Å². The SMILES string of the molecule is Cc1nc(-c2cc(C(C)(C)C)ccc2C)c(Br)[nH]1. The highest BCUT2D eigenvalue weighted by molar-refractivity contribution is 9.10. The minimum Gasteiger partial charge on any atom is -0.336 e. The van der Waals surface area contributed by atoms with Gasteiger partial charge in [-0.15, -0.1) is 0 Å². The lowest BCUT2D eigenvalue weighted by atomic mass is 9.85. The normalized spacial score (nSPS) is 11.9. The van der Waals surface area contributed by atoms with Crippen LogP contribution in [0.3, 0.4) is 0 Å². The van der Waals surface area contributed by atoms with Crippen LogP contribution >= 0.6 is 15.9 Å². The van der Waals surface area contributed by atoms with Crippen LogP contribution in [0.15, 0.2) is 22.8 Å². The minimum absolute atomic E-state index is 0.153. The van der Waals surface area contributed by atoms with Crippen molar-refractivity contribution in [3.63, 3.8) is 0 Å². The number of H-pyrrole nitrogens is 1. The molecule has 0 atom stereocenters. The molecule has 1 N–H and O–H groups in total. The van der Waals surface area contributed by atoms with E-state index in [1.54, 1.807) is 0 Å². The molecule has 0 aliphatic carbocycles. The number of aromatic amines is 1. The number of aryl methyl sites for hydroxylation is 2. The van der Waals surface area contributed by atoms with E-state index in [0.717, 1.165) is 16.1 Å². The van der Waals surface area contributed by atoms with Gasteiger partial charge in [-0.05, 0) is 52.4 Å². The zero-order valence-electron chi connectivity index (χ0n) is 11.6. The Morgan fingerprint density at radius 3 is 2.33 bits per heavy atom. The highest BCUT2D eigenvalue weighted by atomic mass is 79.9.